The number of ether oxygens (including phenoxy) is 1. The molecule has 4 nitrogen and oxygen atoms in total. The van der Waals surface area contributed by atoms with Crippen molar-refractivity contribution in [3.8, 4) is 11.5 Å². The number of phenolic OH excluding ortho intramolecular Hbond substituents is 1. The number of hydrogen-bond acceptors (Lipinski definition) is 3. The van der Waals surface area contributed by atoms with E-state index < -0.39 is 28.8 Å². The van der Waals surface area contributed by atoms with E-state index in [1.165, 1.54) is 12.1 Å². The molecule has 8 heteroatoms. The highest BCUT2D eigenvalue weighted by Crippen LogP contribution is 2.32. The van der Waals surface area contributed by atoms with Crippen LogP contribution in [0.15, 0.2) is 18.2 Å². The smallest absolute Gasteiger partial charge is 0.504 e. The summed E-state index contributed by atoms with van der Waals surface area (Å²) in [6.45, 7) is 7.41. The lowest BCUT2D eigenvalue weighted by Gasteiger charge is -2.22. The van der Waals surface area contributed by atoms with Crippen molar-refractivity contribution < 1.29 is 27.2 Å². The Labute approximate surface area is 136 Å². The maximum atomic E-state index is 12.2. The molecule has 0 aromatic heterocycles. The Morgan fingerprint density at radius 3 is 2.43 bits per heavy atom. The molecule has 0 heterocycles. The van der Waals surface area contributed by atoms with Crippen LogP contribution >= 0.6 is 0 Å². The van der Waals surface area contributed by atoms with E-state index in [0.29, 0.717) is 18.4 Å². The van der Waals surface area contributed by atoms with Crippen LogP contribution in [0.2, 0.25) is 0 Å². The van der Waals surface area contributed by atoms with Gasteiger partial charge in [-0.25, -0.2) is 8.93 Å². The van der Waals surface area contributed by atoms with Crippen LogP contribution < -0.4 is 9.46 Å². The van der Waals surface area contributed by atoms with Crippen molar-refractivity contribution in [2.45, 2.75) is 57.7 Å². The summed E-state index contributed by atoms with van der Waals surface area (Å²) in [7, 11) is -1.21. The van der Waals surface area contributed by atoms with Gasteiger partial charge >= 0.3 is 6.36 Å². The third-order valence-electron chi connectivity index (χ3n) is 2.98. The molecule has 0 fully saturated rings. The van der Waals surface area contributed by atoms with Crippen LogP contribution in [0, 0.1) is 0 Å². The maximum absolute atomic E-state index is 12.2. The highest BCUT2D eigenvalue weighted by atomic mass is 32.2. The number of benzene rings is 1. The van der Waals surface area contributed by atoms with Gasteiger partial charge in [0.05, 0.1) is 15.7 Å². The molecule has 0 saturated carbocycles. The van der Waals surface area contributed by atoms with Gasteiger partial charge in [-0.1, -0.05) is 6.07 Å². The quantitative estimate of drug-likeness (QED) is 0.820. The van der Waals surface area contributed by atoms with E-state index >= 15 is 0 Å². The number of alkyl halides is 3. The molecule has 0 aliphatic rings. The molecule has 0 aliphatic carbocycles. The van der Waals surface area contributed by atoms with Crippen molar-refractivity contribution in [1.29, 1.82) is 0 Å². The summed E-state index contributed by atoms with van der Waals surface area (Å²) in [5, 5.41) is 9.41. The summed E-state index contributed by atoms with van der Waals surface area (Å²) in [6, 6.07) is 3.79. The van der Waals surface area contributed by atoms with Gasteiger partial charge in [-0.3, -0.25) is 0 Å². The lowest BCUT2D eigenvalue weighted by molar-refractivity contribution is -0.275. The minimum absolute atomic E-state index is 0.0733. The van der Waals surface area contributed by atoms with Crippen LogP contribution in [0.1, 0.15) is 39.7 Å². The molecule has 1 aromatic carbocycles. The minimum atomic E-state index is -4.85. The van der Waals surface area contributed by atoms with Crippen LogP contribution in [-0.4, -0.2) is 26.5 Å². The van der Waals surface area contributed by atoms with Crippen LogP contribution in [0.4, 0.5) is 13.2 Å². The second kappa shape index (κ2) is 7.53. The van der Waals surface area contributed by atoms with Crippen LogP contribution in [0.25, 0.3) is 0 Å². The maximum Gasteiger partial charge on any atom is 0.573 e. The van der Waals surface area contributed by atoms with Crippen molar-refractivity contribution in [2.75, 3.05) is 0 Å². The van der Waals surface area contributed by atoms with E-state index in [0.717, 1.165) is 6.07 Å². The first-order valence-electron chi connectivity index (χ1n) is 7.14. The summed E-state index contributed by atoms with van der Waals surface area (Å²) in [6.07, 6.45) is -3.81. The van der Waals surface area contributed by atoms with Gasteiger partial charge in [0.15, 0.2) is 11.5 Å². The molecule has 0 radical (unpaired) electrons. The van der Waals surface area contributed by atoms with Crippen LogP contribution in [0.5, 0.6) is 11.5 Å². The van der Waals surface area contributed by atoms with E-state index in [4.69, 9.17) is 0 Å². The van der Waals surface area contributed by atoms with Crippen molar-refractivity contribution in [1.82, 2.24) is 4.72 Å². The van der Waals surface area contributed by atoms with Crippen molar-refractivity contribution in [3.05, 3.63) is 23.8 Å². The fourth-order valence-corrected chi connectivity index (χ4v) is 2.56. The Morgan fingerprint density at radius 1 is 1.30 bits per heavy atom. The van der Waals surface area contributed by atoms with Crippen LogP contribution in [-0.2, 0) is 17.4 Å². The zero-order chi connectivity index (χ0) is 17.8. The lowest BCUT2D eigenvalue weighted by Crippen LogP contribution is -2.38. The fraction of sp³-hybridized carbons (Fsp3) is 0.600. The summed E-state index contributed by atoms with van der Waals surface area (Å²) < 4.78 is 55.1. The first-order chi connectivity index (χ1) is 10.4. The molecular formula is C15H22F3NO3S. The summed E-state index contributed by atoms with van der Waals surface area (Å²) in [4.78, 5) is 0. The molecule has 23 heavy (non-hydrogen) atoms. The number of halogens is 3. The van der Waals surface area contributed by atoms with Gasteiger partial charge in [-0.15, -0.1) is 13.2 Å². The molecule has 2 N–H and O–H groups in total. The molecule has 132 valence electrons. The molecule has 2 atom stereocenters. The molecule has 0 bridgehead atoms. The van der Waals surface area contributed by atoms with Gasteiger partial charge < -0.3 is 9.84 Å². The Balaban J connectivity index is 2.65. The Morgan fingerprint density at radius 2 is 1.91 bits per heavy atom. The summed E-state index contributed by atoms with van der Waals surface area (Å²) in [5.74, 6) is -1.18. The van der Waals surface area contributed by atoms with E-state index in [1.54, 1.807) is 0 Å². The zero-order valence-corrected chi connectivity index (χ0v) is 14.3. The lowest BCUT2D eigenvalue weighted by atomic mass is 10.1. The largest absolute Gasteiger partial charge is 0.573 e. The normalized spacial score (nSPS) is 15.3. The number of hydrogen-bond donors (Lipinski definition) is 2. The number of aryl methyl sites for hydroxylation is 1. The Hall–Kier alpha value is -1.28. The predicted octanol–water partition coefficient (Wildman–Crippen LogP) is 3.66. The first kappa shape index (κ1) is 19.8. The molecule has 2 unspecified atom stereocenters. The second-order valence-corrected chi connectivity index (χ2v) is 8.29. The van der Waals surface area contributed by atoms with Crippen molar-refractivity contribution in [3.63, 3.8) is 0 Å². The molecule has 0 spiro atoms. The van der Waals surface area contributed by atoms with E-state index in [2.05, 4.69) is 9.46 Å². The van der Waals surface area contributed by atoms with Gasteiger partial charge in [0.1, 0.15) is 0 Å². The summed E-state index contributed by atoms with van der Waals surface area (Å²) in [5.41, 5.74) is 0.595. The number of phenols is 1. The van der Waals surface area contributed by atoms with Crippen molar-refractivity contribution in [2.24, 2.45) is 0 Å². The molecule has 1 rings (SSSR count). The zero-order valence-electron chi connectivity index (χ0n) is 13.5. The van der Waals surface area contributed by atoms with Gasteiger partial charge in [-0.2, -0.15) is 0 Å². The molecule has 0 amide bonds. The SMILES string of the molecule is CC(CCc1ccc(O)c(OC(F)(F)F)c1)NS(=O)C(C)(C)C. The van der Waals surface area contributed by atoms with Gasteiger partial charge in [-0.05, 0) is 58.2 Å². The Bertz CT molecular complexity index is 556. The number of nitrogens with one attached hydrogen (secondary N) is 1. The van der Waals surface area contributed by atoms with E-state index in [9.17, 15) is 22.5 Å². The van der Waals surface area contributed by atoms with Crippen molar-refractivity contribution >= 4 is 11.0 Å². The number of aromatic hydroxyl groups is 1. The molecule has 0 aliphatic heterocycles. The molecule has 0 saturated heterocycles. The van der Waals surface area contributed by atoms with Gasteiger partial charge in [0, 0.05) is 6.04 Å². The third-order valence-corrected chi connectivity index (χ3v) is 4.71. The fourth-order valence-electron chi connectivity index (χ4n) is 1.72. The summed E-state index contributed by atoms with van der Waals surface area (Å²) >= 11 is 0. The Kier molecular flexibility index (Phi) is 6.47. The minimum Gasteiger partial charge on any atom is -0.504 e. The third kappa shape index (κ3) is 7.22. The average molecular weight is 353 g/mol. The number of rotatable bonds is 6. The van der Waals surface area contributed by atoms with E-state index in [1.807, 2.05) is 27.7 Å². The molecule has 1 aromatic rings. The molecular weight excluding hydrogens is 331 g/mol. The standard InChI is InChI=1S/C15H22F3NO3S/c1-10(19-23(21)14(2,3)4)5-6-11-7-8-12(20)13(9-11)22-15(16,17)18/h7-10,19-20H,5-6H2,1-4H3. The first-order valence-corrected chi connectivity index (χ1v) is 8.29. The highest BCUT2D eigenvalue weighted by molar-refractivity contribution is 7.84. The van der Waals surface area contributed by atoms with E-state index in [-0.39, 0.29) is 10.8 Å². The van der Waals surface area contributed by atoms with Crippen LogP contribution in [0.3, 0.4) is 0 Å². The monoisotopic (exact) mass is 353 g/mol. The average Bonchev–Trinajstić information content (AvgIpc) is 2.37. The highest BCUT2D eigenvalue weighted by Gasteiger charge is 2.32. The topological polar surface area (TPSA) is 58.6 Å². The second-order valence-electron chi connectivity index (χ2n) is 6.29. The van der Waals surface area contributed by atoms with Gasteiger partial charge in [0.2, 0.25) is 0 Å². The van der Waals surface area contributed by atoms with Gasteiger partial charge in [0.25, 0.3) is 0 Å². The predicted molar refractivity (Wildman–Crippen MR) is 83.6 cm³/mol.